The Morgan fingerprint density at radius 2 is 0.464 bits per heavy atom. The molecule has 8 aliphatic carbocycles. The normalized spacial score (nSPS) is 46.0. The summed E-state index contributed by atoms with van der Waals surface area (Å²) >= 11 is 0. The van der Waals surface area contributed by atoms with Crippen LogP contribution in [0.5, 0.6) is 0 Å². The Morgan fingerprint density at radius 3 is 0.750 bits per heavy atom. The Hall–Kier alpha value is -0.600. The lowest BCUT2D eigenvalue weighted by molar-refractivity contribution is -0.0402. The lowest BCUT2D eigenvalue weighted by Gasteiger charge is -2.54. The van der Waals surface area contributed by atoms with Crippen LogP contribution in [-0.4, -0.2) is 46.1 Å². The number of nitrogens with zero attached hydrogens (tertiary/aromatic N) is 2. The molecular weight excluding hydrogens is 677 g/mol. The van der Waals surface area contributed by atoms with Crippen molar-refractivity contribution in [3.05, 3.63) is 24.3 Å². The van der Waals surface area contributed by atoms with E-state index < -0.39 is 0 Å². The van der Waals surface area contributed by atoms with Crippen LogP contribution in [0.25, 0.3) is 0 Å². The van der Waals surface area contributed by atoms with Gasteiger partial charge in [-0.05, 0) is 226 Å². The molecule has 2 heteroatoms. The summed E-state index contributed by atoms with van der Waals surface area (Å²) in [7, 11) is 0. The highest BCUT2D eigenvalue weighted by molar-refractivity contribution is 5.03. The van der Waals surface area contributed by atoms with E-state index in [2.05, 4.69) is 61.8 Å². The van der Waals surface area contributed by atoms with Gasteiger partial charge in [0.25, 0.3) is 0 Å². The van der Waals surface area contributed by atoms with Gasteiger partial charge in [0.2, 0.25) is 0 Å². The highest BCUT2D eigenvalue weighted by atomic mass is 15.2. The van der Waals surface area contributed by atoms with Crippen LogP contribution in [0, 0.1) is 59.2 Å². The van der Waals surface area contributed by atoms with Crippen LogP contribution in [0.2, 0.25) is 0 Å². The summed E-state index contributed by atoms with van der Waals surface area (Å²) in [6, 6.07) is 5.25. The standard InChI is InChI=1S/C54H92N2/c1-39-5-13-43(14-6-39)17-19-45-21-31-51(32-22-45)55(49-27-9-41(3)10-28-49)53-35-25-48-38-54(36-26-47(48)37-53)56(50-29-11-42(4)12-30-50)52-33-23-46(24-34-52)20-18-44-15-7-40(2)8-16-44/h17-20,39-54H,5-16,21-38H2,1-4H3/b19-17+,20-18+. The van der Waals surface area contributed by atoms with Gasteiger partial charge in [-0.25, -0.2) is 0 Å². The zero-order valence-corrected chi connectivity index (χ0v) is 37.7. The van der Waals surface area contributed by atoms with E-state index in [-0.39, 0.29) is 0 Å². The van der Waals surface area contributed by atoms with E-state index in [1.165, 1.54) is 180 Å². The van der Waals surface area contributed by atoms with E-state index in [1.54, 1.807) is 12.8 Å². The molecule has 8 saturated carbocycles. The quantitative estimate of drug-likeness (QED) is 0.204. The third-order valence-electron chi connectivity index (χ3n) is 19.0. The number of hydrogen-bond acceptors (Lipinski definition) is 2. The number of rotatable bonds is 10. The SMILES string of the molecule is CC1CCC(/C=C/C2CCC(N(C3CCC(C)CC3)C3CCC4CC(N(C5CCC(C)CC5)C5CCC(/C=C/C6CCC(C)CC6)CC5)CCC4C3)CC2)CC1. The summed E-state index contributed by atoms with van der Waals surface area (Å²) in [5, 5.41) is 0. The van der Waals surface area contributed by atoms with Crippen LogP contribution in [-0.2, 0) is 0 Å². The van der Waals surface area contributed by atoms with Crippen LogP contribution < -0.4 is 0 Å². The van der Waals surface area contributed by atoms with Gasteiger partial charge in [0.05, 0.1) is 0 Å². The van der Waals surface area contributed by atoms with Crippen LogP contribution >= 0.6 is 0 Å². The van der Waals surface area contributed by atoms with Crippen molar-refractivity contribution < 1.29 is 0 Å². The van der Waals surface area contributed by atoms with Gasteiger partial charge >= 0.3 is 0 Å². The molecule has 8 fully saturated rings. The molecule has 0 N–H and O–H groups in total. The molecule has 0 saturated heterocycles. The molecule has 4 unspecified atom stereocenters. The molecule has 2 nitrogen and oxygen atoms in total. The first-order valence-corrected chi connectivity index (χ1v) is 26.3. The van der Waals surface area contributed by atoms with Gasteiger partial charge in [-0.15, -0.1) is 0 Å². The minimum Gasteiger partial charge on any atom is -0.294 e. The predicted octanol–water partition coefficient (Wildman–Crippen LogP) is 15.0. The Balaban J connectivity index is 0.873. The Labute approximate surface area is 348 Å². The van der Waals surface area contributed by atoms with Crippen molar-refractivity contribution >= 4 is 0 Å². The topological polar surface area (TPSA) is 6.48 Å². The lowest BCUT2D eigenvalue weighted by atomic mass is 9.66. The maximum Gasteiger partial charge on any atom is 0.0104 e. The molecule has 0 aliphatic heterocycles. The fraction of sp³-hybridized carbons (Fsp3) is 0.926. The fourth-order valence-corrected chi connectivity index (χ4v) is 15.0. The first-order valence-electron chi connectivity index (χ1n) is 26.3. The molecule has 0 radical (unpaired) electrons. The first-order chi connectivity index (χ1) is 27.3. The van der Waals surface area contributed by atoms with E-state index in [4.69, 9.17) is 0 Å². The zero-order valence-electron chi connectivity index (χ0n) is 37.7. The molecule has 0 heterocycles. The van der Waals surface area contributed by atoms with Crippen molar-refractivity contribution in [1.29, 1.82) is 0 Å². The van der Waals surface area contributed by atoms with E-state index in [0.717, 1.165) is 95.4 Å². The monoisotopic (exact) mass is 769 g/mol. The number of allylic oxidation sites excluding steroid dienone is 4. The average Bonchev–Trinajstić information content (AvgIpc) is 3.23. The van der Waals surface area contributed by atoms with Crippen LogP contribution in [0.1, 0.15) is 220 Å². The summed E-state index contributed by atoms with van der Waals surface area (Å²) in [6.45, 7) is 10.00. The van der Waals surface area contributed by atoms with Gasteiger partial charge in [-0.1, -0.05) is 77.7 Å². The van der Waals surface area contributed by atoms with Crippen molar-refractivity contribution in [2.24, 2.45) is 59.2 Å². The summed E-state index contributed by atoms with van der Waals surface area (Å²) in [5.41, 5.74) is 0. The molecule has 0 aromatic heterocycles. The fourth-order valence-electron chi connectivity index (χ4n) is 15.0. The second-order valence-corrected chi connectivity index (χ2v) is 23.1. The summed E-state index contributed by atoms with van der Waals surface area (Å²) < 4.78 is 0. The van der Waals surface area contributed by atoms with Gasteiger partial charge in [0, 0.05) is 36.3 Å². The van der Waals surface area contributed by atoms with Gasteiger partial charge < -0.3 is 0 Å². The molecule has 56 heavy (non-hydrogen) atoms. The summed E-state index contributed by atoms with van der Waals surface area (Å²) in [6.07, 6.45) is 55.2. The molecule has 0 spiro atoms. The maximum absolute atomic E-state index is 3.29. The van der Waals surface area contributed by atoms with Crippen LogP contribution in [0.3, 0.4) is 0 Å². The second-order valence-electron chi connectivity index (χ2n) is 23.1. The number of fused-ring (bicyclic) bond motifs is 1. The Morgan fingerprint density at radius 1 is 0.250 bits per heavy atom. The third-order valence-corrected chi connectivity index (χ3v) is 19.0. The summed E-state index contributed by atoms with van der Waals surface area (Å²) in [4.78, 5) is 6.57. The summed E-state index contributed by atoms with van der Waals surface area (Å²) in [5.74, 6) is 9.32. The largest absolute Gasteiger partial charge is 0.294 e. The molecule has 0 bridgehead atoms. The molecule has 0 aromatic rings. The Kier molecular flexibility index (Phi) is 15.3. The molecule has 0 aromatic carbocycles. The van der Waals surface area contributed by atoms with Crippen molar-refractivity contribution in [3.63, 3.8) is 0 Å². The molecule has 4 atom stereocenters. The third kappa shape index (κ3) is 11.0. The highest BCUT2D eigenvalue weighted by Gasteiger charge is 2.45. The van der Waals surface area contributed by atoms with Gasteiger partial charge in [0.15, 0.2) is 0 Å². The minimum absolute atomic E-state index is 0.859. The van der Waals surface area contributed by atoms with Crippen LogP contribution in [0.4, 0.5) is 0 Å². The smallest absolute Gasteiger partial charge is 0.0104 e. The zero-order chi connectivity index (χ0) is 38.4. The highest BCUT2D eigenvalue weighted by Crippen LogP contribution is 2.48. The first kappa shape index (κ1) is 42.1. The van der Waals surface area contributed by atoms with Crippen LogP contribution in [0.15, 0.2) is 24.3 Å². The lowest BCUT2D eigenvalue weighted by Crippen LogP contribution is -2.56. The minimum atomic E-state index is 0.859. The van der Waals surface area contributed by atoms with Crippen molar-refractivity contribution in [3.8, 4) is 0 Å². The van der Waals surface area contributed by atoms with Gasteiger partial charge in [-0.3, -0.25) is 9.80 Å². The predicted molar refractivity (Wildman–Crippen MR) is 241 cm³/mol. The second kappa shape index (κ2) is 20.3. The van der Waals surface area contributed by atoms with E-state index >= 15 is 0 Å². The Bertz CT molecular complexity index is 1090. The molecule has 8 aliphatic rings. The van der Waals surface area contributed by atoms with Crippen molar-refractivity contribution in [1.82, 2.24) is 9.80 Å². The molecule has 8 rings (SSSR count). The maximum atomic E-state index is 3.29. The number of hydrogen-bond donors (Lipinski definition) is 0. The van der Waals surface area contributed by atoms with E-state index in [1.807, 2.05) is 0 Å². The average molecular weight is 769 g/mol. The van der Waals surface area contributed by atoms with Gasteiger partial charge in [-0.2, -0.15) is 0 Å². The van der Waals surface area contributed by atoms with E-state index in [9.17, 15) is 0 Å². The van der Waals surface area contributed by atoms with Crippen molar-refractivity contribution in [2.45, 2.75) is 257 Å². The van der Waals surface area contributed by atoms with Crippen molar-refractivity contribution in [2.75, 3.05) is 0 Å². The van der Waals surface area contributed by atoms with E-state index in [0.29, 0.717) is 0 Å². The van der Waals surface area contributed by atoms with Gasteiger partial charge in [0.1, 0.15) is 0 Å². The molecular formula is C54H92N2. The molecule has 0 amide bonds. The molecule has 318 valence electrons.